The Balaban J connectivity index is 1.86. The first-order valence-electron chi connectivity index (χ1n) is 8.41. The van der Waals surface area contributed by atoms with Crippen molar-refractivity contribution in [2.45, 2.75) is 40.7 Å². The largest absolute Gasteiger partial charge is 0.356 e. The summed E-state index contributed by atoms with van der Waals surface area (Å²) in [6.45, 7) is 10.0. The molecule has 130 valence electrons. The van der Waals surface area contributed by atoms with E-state index >= 15 is 0 Å². The van der Waals surface area contributed by atoms with Gasteiger partial charge in [0.2, 0.25) is 0 Å². The second-order valence-electron chi connectivity index (χ2n) is 6.37. The molecule has 0 unspecified atom stereocenters. The average molecular weight is 327 g/mol. The number of aliphatic imine (C=N–C) groups is 1. The number of nitrogens with one attached hydrogen (secondary N) is 2. The fourth-order valence-electron chi connectivity index (χ4n) is 3.00. The van der Waals surface area contributed by atoms with E-state index in [0.717, 1.165) is 31.2 Å². The molecule has 0 aliphatic heterocycles. The molecule has 0 bridgehead atoms. The maximum atomic E-state index is 4.45. The van der Waals surface area contributed by atoms with Gasteiger partial charge in [0.25, 0.3) is 0 Å². The van der Waals surface area contributed by atoms with E-state index in [1.54, 1.807) is 7.05 Å². The number of guanidine groups is 1. The predicted octanol–water partition coefficient (Wildman–Crippen LogP) is 2.56. The molecule has 0 saturated carbocycles. The van der Waals surface area contributed by atoms with E-state index in [4.69, 9.17) is 0 Å². The van der Waals surface area contributed by atoms with Crippen molar-refractivity contribution < 1.29 is 0 Å². The van der Waals surface area contributed by atoms with Crippen LogP contribution in [0.4, 0.5) is 0 Å². The summed E-state index contributed by atoms with van der Waals surface area (Å²) in [6.07, 6.45) is 0.980. The summed E-state index contributed by atoms with van der Waals surface area (Å²) in [7, 11) is 3.78. The molecule has 1 aromatic heterocycles. The molecule has 24 heavy (non-hydrogen) atoms. The Morgan fingerprint density at radius 3 is 2.29 bits per heavy atom. The van der Waals surface area contributed by atoms with E-state index in [9.17, 15) is 0 Å². The zero-order chi connectivity index (χ0) is 17.7. The van der Waals surface area contributed by atoms with Gasteiger partial charge in [-0.25, -0.2) is 0 Å². The van der Waals surface area contributed by atoms with Gasteiger partial charge in [0.15, 0.2) is 5.96 Å². The molecule has 5 nitrogen and oxygen atoms in total. The minimum absolute atomic E-state index is 0.731. The number of hydrogen-bond donors (Lipinski definition) is 2. The van der Waals surface area contributed by atoms with Gasteiger partial charge in [-0.05, 0) is 39.7 Å². The van der Waals surface area contributed by atoms with Crippen LogP contribution in [0.1, 0.15) is 33.6 Å². The lowest BCUT2D eigenvalue weighted by Crippen LogP contribution is -2.38. The van der Waals surface area contributed by atoms with Gasteiger partial charge < -0.3 is 10.6 Å². The molecule has 0 aliphatic rings. The lowest BCUT2D eigenvalue weighted by Gasteiger charge is -2.12. The van der Waals surface area contributed by atoms with Crippen molar-refractivity contribution in [3.8, 4) is 0 Å². The Bertz CT molecular complexity index is 707. The highest BCUT2D eigenvalue weighted by molar-refractivity contribution is 5.79. The van der Waals surface area contributed by atoms with Crippen molar-refractivity contribution in [2.24, 2.45) is 12.0 Å². The van der Waals surface area contributed by atoms with E-state index in [0.29, 0.717) is 0 Å². The summed E-state index contributed by atoms with van der Waals surface area (Å²) in [5.41, 5.74) is 7.47. The van der Waals surface area contributed by atoms with Crippen LogP contribution in [-0.2, 0) is 20.0 Å². The van der Waals surface area contributed by atoms with E-state index in [2.05, 4.69) is 59.7 Å². The van der Waals surface area contributed by atoms with Crippen LogP contribution in [0.15, 0.2) is 23.2 Å². The number of hydrogen-bond acceptors (Lipinski definition) is 2. The Hall–Kier alpha value is -2.30. The van der Waals surface area contributed by atoms with Crippen LogP contribution in [0, 0.1) is 27.7 Å². The minimum Gasteiger partial charge on any atom is -0.356 e. The maximum absolute atomic E-state index is 4.45. The minimum atomic E-state index is 0.731. The van der Waals surface area contributed by atoms with E-state index in [-0.39, 0.29) is 0 Å². The first-order valence-corrected chi connectivity index (χ1v) is 8.41. The van der Waals surface area contributed by atoms with Crippen LogP contribution in [0.2, 0.25) is 0 Å². The van der Waals surface area contributed by atoms with Crippen LogP contribution in [0.25, 0.3) is 0 Å². The molecular formula is C19H29N5. The second kappa shape index (κ2) is 7.99. The molecule has 1 heterocycles. The van der Waals surface area contributed by atoms with Gasteiger partial charge in [-0.1, -0.05) is 29.3 Å². The van der Waals surface area contributed by atoms with Crippen LogP contribution in [-0.4, -0.2) is 29.3 Å². The molecule has 0 saturated heterocycles. The molecule has 0 atom stereocenters. The first kappa shape index (κ1) is 18.0. The van der Waals surface area contributed by atoms with Gasteiger partial charge in [0, 0.05) is 38.4 Å². The fourth-order valence-corrected chi connectivity index (χ4v) is 3.00. The molecule has 0 spiro atoms. The molecule has 0 aliphatic carbocycles. The maximum Gasteiger partial charge on any atom is 0.191 e. The SMILES string of the molecule is CN=C(NCCc1cc(C)cc(C)c1)NCc1c(C)nn(C)c1C. The zero-order valence-corrected chi connectivity index (χ0v) is 15.7. The summed E-state index contributed by atoms with van der Waals surface area (Å²) in [5, 5.41) is 11.2. The predicted molar refractivity (Wildman–Crippen MR) is 101 cm³/mol. The molecular weight excluding hydrogens is 298 g/mol. The van der Waals surface area contributed by atoms with Gasteiger partial charge in [-0.15, -0.1) is 0 Å². The third kappa shape index (κ3) is 4.60. The Morgan fingerprint density at radius 2 is 1.75 bits per heavy atom. The van der Waals surface area contributed by atoms with Gasteiger partial charge in [0.05, 0.1) is 5.69 Å². The number of benzene rings is 1. The van der Waals surface area contributed by atoms with Crippen molar-refractivity contribution in [1.29, 1.82) is 0 Å². The first-order chi connectivity index (χ1) is 11.4. The smallest absolute Gasteiger partial charge is 0.191 e. The second-order valence-corrected chi connectivity index (χ2v) is 6.37. The summed E-state index contributed by atoms with van der Waals surface area (Å²) in [4.78, 5) is 4.30. The number of aryl methyl sites for hydroxylation is 4. The summed E-state index contributed by atoms with van der Waals surface area (Å²) in [5.74, 6) is 0.821. The third-order valence-electron chi connectivity index (χ3n) is 4.30. The van der Waals surface area contributed by atoms with Crippen LogP contribution >= 0.6 is 0 Å². The Kier molecular flexibility index (Phi) is 6.01. The molecule has 2 N–H and O–H groups in total. The van der Waals surface area contributed by atoms with E-state index < -0.39 is 0 Å². The molecule has 1 aromatic carbocycles. The molecule has 0 fully saturated rings. The zero-order valence-electron chi connectivity index (χ0n) is 15.7. The molecule has 2 aromatic rings. The van der Waals surface area contributed by atoms with Crippen LogP contribution < -0.4 is 10.6 Å². The van der Waals surface area contributed by atoms with E-state index in [1.165, 1.54) is 27.9 Å². The normalized spacial score (nSPS) is 11.7. The number of rotatable bonds is 5. The van der Waals surface area contributed by atoms with E-state index in [1.807, 2.05) is 18.7 Å². The highest BCUT2D eigenvalue weighted by Gasteiger charge is 2.09. The number of aromatic nitrogens is 2. The summed E-state index contributed by atoms with van der Waals surface area (Å²) >= 11 is 0. The van der Waals surface area contributed by atoms with Crippen LogP contribution in [0.3, 0.4) is 0 Å². The van der Waals surface area contributed by atoms with Crippen LogP contribution in [0.5, 0.6) is 0 Å². The Morgan fingerprint density at radius 1 is 1.08 bits per heavy atom. The third-order valence-corrected chi connectivity index (χ3v) is 4.30. The fraction of sp³-hybridized carbons (Fsp3) is 0.474. The molecule has 0 radical (unpaired) electrons. The average Bonchev–Trinajstić information content (AvgIpc) is 2.75. The lowest BCUT2D eigenvalue weighted by atomic mass is 10.1. The standard InChI is InChI=1S/C19H29N5/c1-13-9-14(2)11-17(10-13)7-8-21-19(20-5)22-12-18-15(3)23-24(6)16(18)4/h9-11H,7-8,12H2,1-6H3,(H2,20,21,22). The van der Waals surface area contributed by atoms with Crippen molar-refractivity contribution in [1.82, 2.24) is 20.4 Å². The summed E-state index contributed by atoms with van der Waals surface area (Å²) < 4.78 is 1.92. The van der Waals surface area contributed by atoms with Crippen molar-refractivity contribution in [2.75, 3.05) is 13.6 Å². The topological polar surface area (TPSA) is 54.2 Å². The number of nitrogens with zero attached hydrogens (tertiary/aromatic N) is 3. The van der Waals surface area contributed by atoms with Crippen molar-refractivity contribution >= 4 is 5.96 Å². The molecule has 5 heteroatoms. The quantitative estimate of drug-likeness (QED) is 0.655. The van der Waals surface area contributed by atoms with Gasteiger partial charge in [0.1, 0.15) is 0 Å². The van der Waals surface area contributed by atoms with Gasteiger partial charge in [-0.2, -0.15) is 5.10 Å². The Labute approximate surface area is 145 Å². The highest BCUT2D eigenvalue weighted by atomic mass is 15.3. The summed E-state index contributed by atoms with van der Waals surface area (Å²) in [6, 6.07) is 6.69. The molecule has 0 amide bonds. The monoisotopic (exact) mass is 327 g/mol. The highest BCUT2D eigenvalue weighted by Crippen LogP contribution is 2.11. The molecule has 2 rings (SSSR count). The van der Waals surface area contributed by atoms with Crippen molar-refractivity contribution in [3.05, 3.63) is 51.8 Å². The van der Waals surface area contributed by atoms with Crippen molar-refractivity contribution in [3.63, 3.8) is 0 Å². The lowest BCUT2D eigenvalue weighted by molar-refractivity contribution is 0.728. The van der Waals surface area contributed by atoms with Gasteiger partial charge >= 0.3 is 0 Å². The van der Waals surface area contributed by atoms with Gasteiger partial charge in [-0.3, -0.25) is 9.67 Å².